The zero-order valence-electron chi connectivity index (χ0n) is 11.4. The van der Waals surface area contributed by atoms with Crippen molar-refractivity contribution >= 4 is 0 Å². The van der Waals surface area contributed by atoms with Crippen LogP contribution in [0.15, 0.2) is 53.9 Å². The van der Waals surface area contributed by atoms with Crippen LogP contribution >= 0.6 is 0 Å². The summed E-state index contributed by atoms with van der Waals surface area (Å²) in [6, 6.07) is 10.2. The Balaban J connectivity index is 2.05. The van der Waals surface area contributed by atoms with Crippen LogP contribution in [0.1, 0.15) is 31.4 Å². The molecule has 1 unspecified atom stereocenters. The summed E-state index contributed by atoms with van der Waals surface area (Å²) in [7, 11) is 0. The summed E-state index contributed by atoms with van der Waals surface area (Å²) >= 11 is 0. The first-order chi connectivity index (χ1) is 9.20. The lowest BCUT2D eigenvalue weighted by molar-refractivity contribution is 0.0554. The van der Waals surface area contributed by atoms with Crippen LogP contribution in [-0.4, -0.2) is 13.2 Å². The quantitative estimate of drug-likeness (QED) is 0.825. The van der Waals surface area contributed by atoms with E-state index in [0.29, 0.717) is 19.6 Å². The fourth-order valence-electron chi connectivity index (χ4n) is 2.27. The van der Waals surface area contributed by atoms with Crippen molar-refractivity contribution in [2.75, 3.05) is 13.2 Å². The number of benzene rings is 1. The highest BCUT2D eigenvalue weighted by atomic mass is 16.5. The molecular weight excluding hydrogens is 238 g/mol. The monoisotopic (exact) mass is 259 g/mol. The fourth-order valence-corrected chi connectivity index (χ4v) is 2.27. The summed E-state index contributed by atoms with van der Waals surface area (Å²) in [5.41, 5.74) is 9.20. The van der Waals surface area contributed by atoms with Crippen LogP contribution in [0.3, 0.4) is 0 Å². The maximum atomic E-state index is 6.02. The third-order valence-electron chi connectivity index (χ3n) is 3.26. The van der Waals surface area contributed by atoms with Gasteiger partial charge in [-0.05, 0) is 18.1 Å². The third kappa shape index (κ3) is 3.61. The van der Waals surface area contributed by atoms with E-state index < -0.39 is 0 Å². The third-order valence-corrected chi connectivity index (χ3v) is 3.26. The molecule has 0 aliphatic carbocycles. The number of ether oxygens (including phenoxy) is 2. The van der Waals surface area contributed by atoms with Gasteiger partial charge >= 0.3 is 0 Å². The molecule has 1 aromatic rings. The van der Waals surface area contributed by atoms with Gasteiger partial charge in [-0.1, -0.05) is 36.9 Å². The predicted octanol–water partition coefficient (Wildman–Crippen LogP) is 3.30. The maximum absolute atomic E-state index is 6.02. The Morgan fingerprint density at radius 1 is 1.42 bits per heavy atom. The predicted molar refractivity (Wildman–Crippen MR) is 76.3 cm³/mol. The van der Waals surface area contributed by atoms with Crippen LogP contribution in [0.5, 0.6) is 0 Å². The molecule has 102 valence electrons. The van der Waals surface area contributed by atoms with E-state index in [4.69, 9.17) is 15.2 Å². The van der Waals surface area contributed by atoms with Crippen molar-refractivity contribution in [3.8, 4) is 0 Å². The first kappa shape index (κ1) is 13.7. The summed E-state index contributed by atoms with van der Waals surface area (Å²) < 4.78 is 11.2. The van der Waals surface area contributed by atoms with Crippen LogP contribution in [0, 0.1) is 0 Å². The Bertz CT molecular complexity index is 465. The number of allylic oxidation sites excluding steroid dienone is 1. The van der Waals surface area contributed by atoms with E-state index in [0.717, 1.165) is 17.9 Å². The lowest BCUT2D eigenvalue weighted by Crippen LogP contribution is -2.21. The molecule has 2 N–H and O–H groups in total. The van der Waals surface area contributed by atoms with E-state index in [1.54, 1.807) is 0 Å². The van der Waals surface area contributed by atoms with Crippen LogP contribution in [0.25, 0.3) is 0 Å². The molecule has 3 heteroatoms. The van der Waals surface area contributed by atoms with Gasteiger partial charge in [0.05, 0.1) is 25.1 Å². The molecule has 2 rings (SSSR count). The van der Waals surface area contributed by atoms with Gasteiger partial charge in [0, 0.05) is 18.5 Å². The second kappa shape index (κ2) is 6.43. The van der Waals surface area contributed by atoms with Gasteiger partial charge in [0.15, 0.2) is 0 Å². The lowest BCUT2D eigenvalue weighted by atomic mass is 9.95. The molecule has 0 spiro atoms. The Kier molecular flexibility index (Phi) is 4.63. The molecule has 0 fully saturated rings. The zero-order chi connectivity index (χ0) is 13.7. The molecule has 1 heterocycles. The molecule has 19 heavy (non-hydrogen) atoms. The molecule has 1 aliphatic rings. The Hall–Kier alpha value is -1.74. The highest BCUT2D eigenvalue weighted by molar-refractivity contribution is 5.25. The number of hydrogen-bond donors (Lipinski definition) is 1. The minimum Gasteiger partial charge on any atom is -0.499 e. The number of hydrogen-bond acceptors (Lipinski definition) is 3. The van der Waals surface area contributed by atoms with Gasteiger partial charge in [0.1, 0.15) is 0 Å². The lowest BCUT2D eigenvalue weighted by Gasteiger charge is -2.27. The summed E-state index contributed by atoms with van der Waals surface area (Å²) in [4.78, 5) is 0. The normalized spacial score (nSPS) is 19.3. The minimum atomic E-state index is 0.0814. The molecule has 0 bridgehead atoms. The first-order valence-electron chi connectivity index (χ1n) is 6.64. The summed E-state index contributed by atoms with van der Waals surface area (Å²) in [5, 5.41) is 0. The van der Waals surface area contributed by atoms with Gasteiger partial charge in [0.25, 0.3) is 0 Å². The van der Waals surface area contributed by atoms with Crippen molar-refractivity contribution in [3.05, 3.63) is 59.5 Å². The second-order valence-corrected chi connectivity index (χ2v) is 4.69. The van der Waals surface area contributed by atoms with E-state index in [1.165, 1.54) is 11.1 Å². The Labute approximate surface area is 114 Å². The second-order valence-electron chi connectivity index (χ2n) is 4.69. The molecule has 0 amide bonds. The van der Waals surface area contributed by atoms with Crippen molar-refractivity contribution in [2.24, 2.45) is 5.73 Å². The highest BCUT2D eigenvalue weighted by Crippen LogP contribution is 2.32. The standard InChI is InChI=1S/C16H21NO2/c1-3-18-12(2)9-14-10-16(19-11-15(14)17)13-7-5-4-6-8-13/h4-8,16H,2-3,9-11,17H2,1H3. The molecule has 1 aliphatic heterocycles. The summed E-state index contributed by atoms with van der Waals surface area (Å²) in [6.07, 6.45) is 1.59. The van der Waals surface area contributed by atoms with Crippen molar-refractivity contribution in [1.82, 2.24) is 0 Å². The van der Waals surface area contributed by atoms with Gasteiger partial charge in [-0.2, -0.15) is 0 Å². The molecule has 3 nitrogen and oxygen atoms in total. The average Bonchev–Trinajstić information content (AvgIpc) is 2.42. The topological polar surface area (TPSA) is 44.5 Å². The summed E-state index contributed by atoms with van der Waals surface area (Å²) in [6.45, 7) is 7.00. The van der Waals surface area contributed by atoms with Gasteiger partial charge < -0.3 is 15.2 Å². The van der Waals surface area contributed by atoms with E-state index in [1.807, 2.05) is 25.1 Å². The van der Waals surface area contributed by atoms with E-state index >= 15 is 0 Å². The van der Waals surface area contributed by atoms with Gasteiger partial charge in [-0.3, -0.25) is 0 Å². The Morgan fingerprint density at radius 3 is 2.84 bits per heavy atom. The molecular formula is C16H21NO2. The molecule has 0 saturated heterocycles. The smallest absolute Gasteiger partial charge is 0.0929 e. The van der Waals surface area contributed by atoms with E-state index in [9.17, 15) is 0 Å². The van der Waals surface area contributed by atoms with Crippen LogP contribution in [0.2, 0.25) is 0 Å². The SMILES string of the molecule is C=C(CC1=C(N)COC(c2ccccc2)C1)OCC. The van der Waals surface area contributed by atoms with E-state index in [-0.39, 0.29) is 6.10 Å². The number of rotatable bonds is 5. The van der Waals surface area contributed by atoms with Gasteiger partial charge in [-0.25, -0.2) is 0 Å². The molecule has 1 aromatic carbocycles. The molecule has 0 aromatic heterocycles. The maximum Gasteiger partial charge on any atom is 0.0929 e. The first-order valence-corrected chi connectivity index (χ1v) is 6.64. The molecule has 0 radical (unpaired) electrons. The van der Waals surface area contributed by atoms with Crippen LogP contribution in [0.4, 0.5) is 0 Å². The molecule has 1 atom stereocenters. The summed E-state index contributed by atoms with van der Waals surface area (Å²) in [5.74, 6) is 0.772. The van der Waals surface area contributed by atoms with Gasteiger partial charge in [-0.15, -0.1) is 0 Å². The highest BCUT2D eigenvalue weighted by Gasteiger charge is 2.22. The largest absolute Gasteiger partial charge is 0.499 e. The van der Waals surface area contributed by atoms with E-state index in [2.05, 4.69) is 18.7 Å². The van der Waals surface area contributed by atoms with Crippen LogP contribution in [-0.2, 0) is 9.47 Å². The van der Waals surface area contributed by atoms with Gasteiger partial charge in [0.2, 0.25) is 0 Å². The average molecular weight is 259 g/mol. The fraction of sp³-hybridized carbons (Fsp3) is 0.375. The number of nitrogens with two attached hydrogens (primary N) is 1. The minimum absolute atomic E-state index is 0.0814. The van der Waals surface area contributed by atoms with Crippen molar-refractivity contribution < 1.29 is 9.47 Å². The molecule has 0 saturated carbocycles. The van der Waals surface area contributed by atoms with Crippen molar-refractivity contribution in [1.29, 1.82) is 0 Å². The van der Waals surface area contributed by atoms with Crippen molar-refractivity contribution in [3.63, 3.8) is 0 Å². The Morgan fingerprint density at radius 2 is 2.16 bits per heavy atom. The van der Waals surface area contributed by atoms with Crippen LogP contribution < -0.4 is 5.73 Å². The van der Waals surface area contributed by atoms with Crippen molar-refractivity contribution in [2.45, 2.75) is 25.9 Å². The zero-order valence-corrected chi connectivity index (χ0v) is 11.4.